The predicted molar refractivity (Wildman–Crippen MR) is 103 cm³/mol. The van der Waals surface area contributed by atoms with Crippen LogP contribution >= 0.6 is 11.3 Å². The van der Waals surface area contributed by atoms with Gasteiger partial charge in [-0.2, -0.15) is 10.2 Å². The van der Waals surface area contributed by atoms with E-state index in [1.165, 1.54) is 17.4 Å². The monoisotopic (exact) mass is 391 g/mol. The molecule has 0 bridgehead atoms. The zero-order valence-corrected chi connectivity index (χ0v) is 15.4. The van der Waals surface area contributed by atoms with Crippen molar-refractivity contribution in [3.05, 3.63) is 76.5 Å². The number of thiazole rings is 1. The highest BCUT2D eigenvalue weighted by molar-refractivity contribution is 7.15. The van der Waals surface area contributed by atoms with Gasteiger partial charge in [0.2, 0.25) is 4.96 Å². The van der Waals surface area contributed by atoms with Gasteiger partial charge in [-0.25, -0.2) is 8.91 Å². The Bertz CT molecular complexity index is 1190. The van der Waals surface area contributed by atoms with E-state index in [1.54, 1.807) is 47.0 Å². The third kappa shape index (κ3) is 3.48. The lowest BCUT2D eigenvalue weighted by Gasteiger charge is -2.04. The third-order valence-electron chi connectivity index (χ3n) is 4.21. The smallest absolute Gasteiger partial charge is 0.251 e. The zero-order valence-electron chi connectivity index (χ0n) is 14.6. The van der Waals surface area contributed by atoms with E-state index in [1.807, 2.05) is 11.4 Å². The first kappa shape index (κ1) is 17.8. The lowest BCUT2D eigenvalue weighted by molar-refractivity contribution is 0.0954. The summed E-state index contributed by atoms with van der Waals surface area (Å²) in [6.07, 6.45) is 0.558. The Hall–Kier alpha value is -3.57. The van der Waals surface area contributed by atoms with Crippen LogP contribution in [0.1, 0.15) is 21.6 Å². The number of rotatable bonds is 5. The van der Waals surface area contributed by atoms with Crippen LogP contribution in [0, 0.1) is 17.1 Å². The highest BCUT2D eigenvalue weighted by Gasteiger charge is 2.14. The third-order valence-corrected chi connectivity index (χ3v) is 5.07. The van der Waals surface area contributed by atoms with Crippen molar-refractivity contribution >= 4 is 22.2 Å². The second-order valence-electron chi connectivity index (χ2n) is 6.03. The number of benzene rings is 2. The molecule has 28 heavy (non-hydrogen) atoms. The molecule has 1 N–H and O–H groups in total. The van der Waals surface area contributed by atoms with Gasteiger partial charge < -0.3 is 5.32 Å². The van der Waals surface area contributed by atoms with E-state index in [0.717, 1.165) is 5.69 Å². The van der Waals surface area contributed by atoms with Crippen molar-refractivity contribution in [2.45, 2.75) is 6.42 Å². The lowest BCUT2D eigenvalue weighted by Crippen LogP contribution is -2.26. The summed E-state index contributed by atoms with van der Waals surface area (Å²) in [6.45, 7) is 0.416. The molecule has 0 radical (unpaired) electrons. The number of nitrogens with zero attached hydrogens (tertiary/aromatic N) is 4. The van der Waals surface area contributed by atoms with Gasteiger partial charge in [0.15, 0.2) is 5.82 Å². The van der Waals surface area contributed by atoms with Crippen LogP contribution in [0.3, 0.4) is 0 Å². The highest BCUT2D eigenvalue weighted by Crippen LogP contribution is 2.23. The minimum Gasteiger partial charge on any atom is -0.352 e. The Morgan fingerprint density at radius 2 is 2.00 bits per heavy atom. The van der Waals surface area contributed by atoms with Gasteiger partial charge in [-0.05, 0) is 36.4 Å². The van der Waals surface area contributed by atoms with Gasteiger partial charge in [0.05, 0.1) is 22.9 Å². The van der Waals surface area contributed by atoms with Crippen LogP contribution < -0.4 is 5.32 Å². The first-order chi connectivity index (χ1) is 13.7. The topological polar surface area (TPSA) is 83.1 Å². The number of halogens is 1. The molecule has 0 atom stereocenters. The molecule has 0 aliphatic heterocycles. The summed E-state index contributed by atoms with van der Waals surface area (Å²) in [4.78, 5) is 17.3. The van der Waals surface area contributed by atoms with E-state index in [0.29, 0.717) is 40.4 Å². The number of hydrogen-bond acceptors (Lipinski definition) is 5. The second kappa shape index (κ2) is 7.58. The van der Waals surface area contributed by atoms with E-state index in [2.05, 4.69) is 15.4 Å². The van der Waals surface area contributed by atoms with E-state index < -0.39 is 0 Å². The standard InChI is InChI=1S/C20H14FN5OS/c21-17-4-2-1-3-16(17)18-24-20-26(25-18)15(12-28-20)9-10-23-19(27)14-7-5-13(11-22)6-8-14/h1-8,12H,9-10H2,(H,23,27). The maximum Gasteiger partial charge on any atom is 0.251 e. The van der Waals surface area contributed by atoms with Gasteiger partial charge in [0, 0.05) is 23.9 Å². The van der Waals surface area contributed by atoms with E-state index in [9.17, 15) is 9.18 Å². The van der Waals surface area contributed by atoms with Gasteiger partial charge in [-0.15, -0.1) is 16.4 Å². The van der Waals surface area contributed by atoms with E-state index in [4.69, 9.17) is 5.26 Å². The molecule has 8 heteroatoms. The molecule has 2 aromatic carbocycles. The molecule has 0 unspecified atom stereocenters. The first-order valence-electron chi connectivity index (χ1n) is 8.52. The van der Waals surface area contributed by atoms with Crippen LogP contribution in [0.4, 0.5) is 4.39 Å². The lowest BCUT2D eigenvalue weighted by atomic mass is 10.1. The fourth-order valence-corrected chi connectivity index (χ4v) is 3.61. The minimum atomic E-state index is -0.364. The van der Waals surface area contributed by atoms with Crippen molar-refractivity contribution in [3.63, 3.8) is 0 Å². The summed E-state index contributed by atoms with van der Waals surface area (Å²) in [5.41, 5.74) is 2.25. The van der Waals surface area contributed by atoms with Crippen LogP contribution in [-0.4, -0.2) is 27.0 Å². The Morgan fingerprint density at radius 1 is 1.21 bits per heavy atom. The number of nitriles is 1. The molecule has 2 aromatic heterocycles. The van der Waals surface area contributed by atoms with Gasteiger partial charge in [0.25, 0.3) is 5.91 Å². The molecular weight excluding hydrogens is 377 g/mol. The Morgan fingerprint density at radius 3 is 2.75 bits per heavy atom. The second-order valence-corrected chi connectivity index (χ2v) is 6.87. The Kier molecular flexibility index (Phi) is 4.83. The average Bonchev–Trinajstić information content (AvgIpc) is 3.30. The molecule has 2 heterocycles. The van der Waals surface area contributed by atoms with Crippen LogP contribution in [0.15, 0.2) is 53.9 Å². The van der Waals surface area contributed by atoms with Gasteiger partial charge in [-0.3, -0.25) is 4.79 Å². The average molecular weight is 391 g/mol. The summed E-state index contributed by atoms with van der Waals surface area (Å²) in [5.74, 6) is -0.230. The summed E-state index contributed by atoms with van der Waals surface area (Å²) < 4.78 is 15.6. The van der Waals surface area contributed by atoms with Crippen LogP contribution in [0.2, 0.25) is 0 Å². The molecule has 0 saturated heterocycles. The quantitative estimate of drug-likeness (QED) is 0.565. The molecule has 138 valence electrons. The molecule has 4 rings (SSSR count). The minimum absolute atomic E-state index is 0.207. The maximum atomic E-state index is 14.0. The van der Waals surface area contributed by atoms with Gasteiger partial charge >= 0.3 is 0 Å². The zero-order chi connectivity index (χ0) is 19.5. The van der Waals surface area contributed by atoms with Crippen molar-refractivity contribution in [2.75, 3.05) is 6.54 Å². The molecule has 4 aromatic rings. The summed E-state index contributed by atoms with van der Waals surface area (Å²) in [5, 5.41) is 18.0. The van der Waals surface area contributed by atoms with Crippen molar-refractivity contribution in [3.8, 4) is 17.5 Å². The highest BCUT2D eigenvalue weighted by atomic mass is 32.1. The first-order valence-corrected chi connectivity index (χ1v) is 9.40. The number of carbonyl (C=O) groups excluding carboxylic acids is 1. The SMILES string of the molecule is N#Cc1ccc(C(=O)NCCc2csc3nc(-c4ccccc4F)nn23)cc1. The predicted octanol–water partition coefficient (Wildman–Crippen LogP) is 3.44. The molecule has 0 spiro atoms. The number of aromatic nitrogens is 3. The van der Waals surface area contributed by atoms with Crippen LogP contribution in [0.25, 0.3) is 16.3 Å². The molecule has 0 aliphatic carbocycles. The van der Waals surface area contributed by atoms with E-state index >= 15 is 0 Å². The fourth-order valence-electron chi connectivity index (χ4n) is 2.76. The Balaban J connectivity index is 1.44. The molecule has 0 aliphatic rings. The number of carbonyl (C=O) groups is 1. The van der Waals surface area contributed by atoms with Gasteiger partial charge in [0.1, 0.15) is 5.82 Å². The van der Waals surface area contributed by atoms with Crippen LogP contribution in [-0.2, 0) is 6.42 Å². The molecule has 6 nitrogen and oxygen atoms in total. The number of amides is 1. The number of fused-ring (bicyclic) bond motifs is 1. The molecule has 1 amide bonds. The van der Waals surface area contributed by atoms with Crippen molar-refractivity contribution in [1.29, 1.82) is 5.26 Å². The number of nitrogens with one attached hydrogen (secondary N) is 1. The number of hydrogen-bond donors (Lipinski definition) is 1. The molecule has 0 fully saturated rings. The summed E-state index contributed by atoms with van der Waals surface area (Å²) in [7, 11) is 0. The van der Waals surface area contributed by atoms with Crippen LogP contribution in [0.5, 0.6) is 0 Å². The normalized spacial score (nSPS) is 10.7. The van der Waals surface area contributed by atoms with Gasteiger partial charge in [-0.1, -0.05) is 12.1 Å². The largest absolute Gasteiger partial charge is 0.352 e. The molecule has 0 saturated carbocycles. The fraction of sp³-hybridized carbons (Fsp3) is 0.100. The van der Waals surface area contributed by atoms with Crippen molar-refractivity contribution < 1.29 is 9.18 Å². The molecular formula is C20H14FN5OS. The summed E-state index contributed by atoms with van der Waals surface area (Å²) in [6, 6.07) is 14.9. The maximum absolute atomic E-state index is 14.0. The van der Waals surface area contributed by atoms with Crippen molar-refractivity contribution in [1.82, 2.24) is 19.9 Å². The van der Waals surface area contributed by atoms with E-state index in [-0.39, 0.29) is 11.7 Å². The van der Waals surface area contributed by atoms with Crippen molar-refractivity contribution in [2.24, 2.45) is 0 Å². The Labute approximate surface area is 163 Å². The summed E-state index contributed by atoms with van der Waals surface area (Å²) >= 11 is 1.42.